The quantitative estimate of drug-likeness (QED) is 0.153. The third kappa shape index (κ3) is 14.9. The van der Waals surface area contributed by atoms with Crippen LogP contribution in [0.2, 0.25) is 0 Å². The topological polar surface area (TPSA) is 190 Å². The van der Waals surface area contributed by atoms with Crippen molar-refractivity contribution in [1.29, 1.82) is 0 Å². The summed E-state index contributed by atoms with van der Waals surface area (Å²) in [5.74, 6) is -2.44. The fraction of sp³-hybridized carbons (Fsp3) is 0.379. The number of anilines is 1. The second-order valence-corrected chi connectivity index (χ2v) is 10.4. The van der Waals surface area contributed by atoms with Gasteiger partial charge in [0.2, 0.25) is 23.6 Å². The second kappa shape index (κ2) is 18.0. The zero-order valence-electron chi connectivity index (χ0n) is 24.6. The second-order valence-electron chi connectivity index (χ2n) is 10.2. The molecular weight excluding hydrogens is 598 g/mol. The van der Waals surface area contributed by atoms with E-state index in [1.165, 1.54) is 0 Å². The number of amides is 5. The standard InChI is InChI=1S/C29H36ClN5O9/c1-29(2,3)44-27(40)33-14-23(36)31-15-25(38)35-22(13-19-7-5-4-6-8-19)26(39)32-16-24(37)34-21-11-9-20(10-12-21)17-42-28(41)43-18-30/h4-12,22H,13-18H2,1-3H3,(H,31,36)(H,32,39)(H,33,40)(H,34,37)(H,35,38)/t22-/m0/s1. The smallest absolute Gasteiger partial charge is 0.444 e. The first-order chi connectivity index (χ1) is 20.8. The molecule has 14 nitrogen and oxygen atoms in total. The van der Waals surface area contributed by atoms with E-state index in [-0.39, 0.29) is 25.6 Å². The molecule has 0 unspecified atom stereocenters. The van der Waals surface area contributed by atoms with E-state index in [2.05, 4.69) is 31.3 Å². The van der Waals surface area contributed by atoms with E-state index in [9.17, 15) is 28.8 Å². The summed E-state index contributed by atoms with van der Waals surface area (Å²) in [6.45, 7) is 3.72. The normalized spacial score (nSPS) is 11.3. The average Bonchev–Trinajstić information content (AvgIpc) is 2.97. The number of ether oxygens (including phenoxy) is 3. The van der Waals surface area contributed by atoms with Crippen molar-refractivity contribution >= 4 is 53.2 Å². The molecule has 2 rings (SSSR count). The lowest BCUT2D eigenvalue weighted by Gasteiger charge is -2.20. The molecule has 15 heteroatoms. The van der Waals surface area contributed by atoms with Crippen LogP contribution in [0.3, 0.4) is 0 Å². The molecule has 0 fully saturated rings. The van der Waals surface area contributed by atoms with Gasteiger partial charge in [-0.1, -0.05) is 54.1 Å². The summed E-state index contributed by atoms with van der Waals surface area (Å²) < 4.78 is 14.4. The van der Waals surface area contributed by atoms with E-state index >= 15 is 0 Å². The van der Waals surface area contributed by atoms with Crippen molar-refractivity contribution in [2.75, 3.05) is 31.0 Å². The number of alkyl carbamates (subject to hydrolysis) is 1. The minimum absolute atomic E-state index is 0.0544. The van der Waals surface area contributed by atoms with Crippen LogP contribution >= 0.6 is 11.6 Å². The van der Waals surface area contributed by atoms with Gasteiger partial charge in [-0.3, -0.25) is 19.2 Å². The molecular formula is C29H36ClN5O9. The van der Waals surface area contributed by atoms with Crippen LogP contribution in [0.5, 0.6) is 0 Å². The fourth-order valence-electron chi connectivity index (χ4n) is 3.42. The molecule has 0 spiro atoms. The van der Waals surface area contributed by atoms with Gasteiger partial charge >= 0.3 is 12.2 Å². The number of hydrogen-bond acceptors (Lipinski definition) is 9. The molecule has 0 saturated heterocycles. The number of hydrogen-bond donors (Lipinski definition) is 5. The Morgan fingerprint density at radius 3 is 2.02 bits per heavy atom. The van der Waals surface area contributed by atoms with Gasteiger partial charge in [0, 0.05) is 12.1 Å². The van der Waals surface area contributed by atoms with Crippen LogP contribution in [0.25, 0.3) is 0 Å². The maximum Gasteiger partial charge on any atom is 0.509 e. The van der Waals surface area contributed by atoms with Crippen molar-refractivity contribution in [1.82, 2.24) is 21.3 Å². The van der Waals surface area contributed by atoms with Gasteiger partial charge in [-0.25, -0.2) is 9.59 Å². The number of rotatable bonds is 14. The zero-order valence-corrected chi connectivity index (χ0v) is 25.3. The predicted octanol–water partition coefficient (Wildman–Crippen LogP) is 1.96. The summed E-state index contributed by atoms with van der Waals surface area (Å²) in [7, 11) is 0. The minimum atomic E-state index is -1.06. The van der Waals surface area contributed by atoms with Gasteiger partial charge in [-0.15, -0.1) is 0 Å². The summed E-state index contributed by atoms with van der Waals surface area (Å²) in [5, 5.41) is 12.3. The lowest BCUT2D eigenvalue weighted by Crippen LogP contribution is -2.52. The van der Waals surface area contributed by atoms with Crippen LogP contribution in [-0.4, -0.2) is 73.2 Å². The summed E-state index contributed by atoms with van der Waals surface area (Å²) in [4.78, 5) is 73.0. The molecule has 0 aliphatic carbocycles. The Bertz CT molecular complexity index is 1280. The average molecular weight is 634 g/mol. The molecule has 0 aromatic heterocycles. The molecule has 0 heterocycles. The third-order valence-corrected chi connectivity index (χ3v) is 5.47. The molecule has 0 aliphatic rings. The van der Waals surface area contributed by atoms with E-state index < -0.39 is 60.6 Å². The van der Waals surface area contributed by atoms with Crippen LogP contribution in [0.4, 0.5) is 15.3 Å². The minimum Gasteiger partial charge on any atom is -0.444 e. The Labute approximate surface area is 259 Å². The zero-order chi connectivity index (χ0) is 32.5. The van der Waals surface area contributed by atoms with Crippen LogP contribution in [-0.2, 0) is 46.4 Å². The molecule has 1 atom stereocenters. The first kappa shape index (κ1) is 35.3. The van der Waals surface area contributed by atoms with Crippen molar-refractivity contribution in [2.45, 2.75) is 45.4 Å². The van der Waals surface area contributed by atoms with Crippen LogP contribution in [0, 0.1) is 0 Å². The van der Waals surface area contributed by atoms with Crippen molar-refractivity contribution in [3.05, 3.63) is 65.7 Å². The monoisotopic (exact) mass is 633 g/mol. The maximum atomic E-state index is 13.0. The largest absolute Gasteiger partial charge is 0.509 e. The lowest BCUT2D eigenvalue weighted by molar-refractivity contribution is -0.130. The van der Waals surface area contributed by atoms with Gasteiger partial charge < -0.3 is 40.8 Å². The lowest BCUT2D eigenvalue weighted by atomic mass is 10.1. The number of carbonyl (C=O) groups excluding carboxylic acids is 6. The first-order valence-corrected chi connectivity index (χ1v) is 14.0. The van der Waals surface area contributed by atoms with E-state index in [4.69, 9.17) is 21.1 Å². The Morgan fingerprint density at radius 1 is 0.750 bits per heavy atom. The third-order valence-electron chi connectivity index (χ3n) is 5.36. The van der Waals surface area contributed by atoms with Gasteiger partial charge in [-0.05, 0) is 44.0 Å². The summed E-state index contributed by atoms with van der Waals surface area (Å²) >= 11 is 5.29. The van der Waals surface area contributed by atoms with Gasteiger partial charge in [-0.2, -0.15) is 0 Å². The van der Waals surface area contributed by atoms with Crippen molar-refractivity contribution < 1.29 is 43.0 Å². The van der Waals surface area contributed by atoms with Crippen molar-refractivity contribution in [3.63, 3.8) is 0 Å². The molecule has 5 N–H and O–H groups in total. The molecule has 44 heavy (non-hydrogen) atoms. The number of alkyl halides is 1. The number of carbonyl (C=O) groups is 6. The Balaban J connectivity index is 1.86. The van der Waals surface area contributed by atoms with Crippen molar-refractivity contribution in [3.8, 4) is 0 Å². The van der Waals surface area contributed by atoms with Crippen LogP contribution < -0.4 is 26.6 Å². The van der Waals surface area contributed by atoms with Gasteiger partial charge in [0.1, 0.15) is 24.8 Å². The van der Waals surface area contributed by atoms with Gasteiger partial charge in [0.25, 0.3) is 0 Å². The van der Waals surface area contributed by atoms with E-state index in [1.807, 2.05) is 0 Å². The highest BCUT2D eigenvalue weighted by atomic mass is 35.5. The Hall–Kier alpha value is -4.85. The Kier molecular flexibility index (Phi) is 14.4. The first-order valence-electron chi connectivity index (χ1n) is 13.4. The maximum absolute atomic E-state index is 13.0. The number of benzene rings is 2. The molecule has 0 radical (unpaired) electrons. The SMILES string of the molecule is CC(C)(C)OC(=O)NCC(=O)NCC(=O)N[C@@H](Cc1ccccc1)C(=O)NCC(=O)Nc1ccc(COC(=O)OCCl)cc1. The molecule has 0 aliphatic heterocycles. The highest BCUT2D eigenvalue weighted by Crippen LogP contribution is 2.11. The van der Waals surface area contributed by atoms with Crippen LogP contribution in [0.1, 0.15) is 31.9 Å². The van der Waals surface area contributed by atoms with Crippen LogP contribution in [0.15, 0.2) is 54.6 Å². The highest BCUT2D eigenvalue weighted by Gasteiger charge is 2.22. The number of nitrogens with one attached hydrogen (secondary N) is 5. The molecule has 5 amide bonds. The summed E-state index contributed by atoms with van der Waals surface area (Å²) in [6.07, 6.45) is -1.57. The number of halogens is 1. The molecule has 2 aromatic rings. The molecule has 0 saturated carbocycles. The van der Waals surface area contributed by atoms with E-state index in [1.54, 1.807) is 75.4 Å². The van der Waals surface area contributed by atoms with E-state index in [0.29, 0.717) is 11.3 Å². The van der Waals surface area contributed by atoms with Gasteiger partial charge in [0.05, 0.1) is 13.1 Å². The molecule has 0 bridgehead atoms. The predicted molar refractivity (Wildman–Crippen MR) is 159 cm³/mol. The summed E-state index contributed by atoms with van der Waals surface area (Å²) in [5.41, 5.74) is 1.09. The van der Waals surface area contributed by atoms with Crippen molar-refractivity contribution in [2.24, 2.45) is 0 Å². The fourth-order valence-corrected chi connectivity index (χ4v) is 3.51. The Morgan fingerprint density at radius 2 is 1.39 bits per heavy atom. The molecule has 238 valence electrons. The van der Waals surface area contributed by atoms with E-state index in [0.717, 1.165) is 5.56 Å². The van der Waals surface area contributed by atoms with Gasteiger partial charge in [0.15, 0.2) is 6.07 Å². The summed E-state index contributed by atoms with van der Waals surface area (Å²) in [6, 6.07) is 14.0. The highest BCUT2D eigenvalue weighted by molar-refractivity contribution is 6.17. The molecule has 2 aromatic carbocycles.